The third-order valence-electron chi connectivity index (χ3n) is 6.53. The molecule has 4 heterocycles. The molecule has 10 heteroatoms. The number of fused-ring (bicyclic) bond motifs is 2. The first-order valence-corrected chi connectivity index (χ1v) is 12.2. The highest BCUT2D eigenvalue weighted by Gasteiger charge is 2.30. The molecule has 1 N–H and O–H groups in total. The van der Waals surface area contributed by atoms with Gasteiger partial charge in [0, 0.05) is 62.1 Å². The summed E-state index contributed by atoms with van der Waals surface area (Å²) in [5, 5.41) is 8.44. The van der Waals surface area contributed by atoms with E-state index in [1.54, 1.807) is 10.9 Å². The Morgan fingerprint density at radius 2 is 1.69 bits per heavy atom. The second-order valence-corrected chi connectivity index (χ2v) is 10.5. The van der Waals surface area contributed by atoms with Gasteiger partial charge in [0.25, 0.3) is 5.91 Å². The van der Waals surface area contributed by atoms with Crippen molar-refractivity contribution in [2.75, 3.05) is 36.4 Å². The Morgan fingerprint density at radius 3 is 2.39 bits per heavy atom. The SMILES string of the molecule is Cc1cn2cc(NC(=O)c3ccc(N4CCN(C(=O)C(C)(C)C)CC4)c4cn(C)nc34)nc(C)c2n1. The van der Waals surface area contributed by atoms with E-state index in [-0.39, 0.29) is 17.2 Å². The number of carbonyl (C=O) groups excluding carboxylic acids is 2. The molecule has 1 aromatic carbocycles. The summed E-state index contributed by atoms with van der Waals surface area (Å²) < 4.78 is 3.60. The Balaban J connectivity index is 1.40. The van der Waals surface area contributed by atoms with E-state index in [1.807, 2.05) is 75.5 Å². The lowest BCUT2D eigenvalue weighted by Crippen LogP contribution is -2.51. The number of nitrogens with one attached hydrogen (secondary N) is 1. The molecule has 4 aromatic rings. The summed E-state index contributed by atoms with van der Waals surface area (Å²) in [5.41, 5.74) is 4.14. The van der Waals surface area contributed by atoms with Gasteiger partial charge in [0.1, 0.15) is 11.3 Å². The molecule has 0 saturated carbocycles. The van der Waals surface area contributed by atoms with E-state index in [0.717, 1.165) is 41.2 Å². The van der Waals surface area contributed by atoms with Crippen molar-refractivity contribution in [3.05, 3.63) is 47.7 Å². The van der Waals surface area contributed by atoms with Crippen LogP contribution in [0.4, 0.5) is 11.5 Å². The number of anilines is 2. The summed E-state index contributed by atoms with van der Waals surface area (Å²) in [5.74, 6) is 0.359. The number of hydrogen-bond acceptors (Lipinski definition) is 6. The van der Waals surface area contributed by atoms with Crippen LogP contribution in [-0.4, -0.2) is 67.0 Å². The molecule has 3 aromatic heterocycles. The lowest BCUT2D eigenvalue weighted by molar-refractivity contribution is -0.139. The fraction of sp³-hybridized carbons (Fsp3) is 0.423. The zero-order chi connectivity index (χ0) is 25.8. The number of aromatic nitrogens is 5. The van der Waals surface area contributed by atoms with Crippen LogP contribution < -0.4 is 10.2 Å². The van der Waals surface area contributed by atoms with Crippen LogP contribution in [0.1, 0.15) is 42.5 Å². The maximum Gasteiger partial charge on any atom is 0.259 e. The van der Waals surface area contributed by atoms with Crippen LogP contribution in [0.5, 0.6) is 0 Å². The molecule has 10 nitrogen and oxygen atoms in total. The molecule has 188 valence electrons. The number of imidazole rings is 1. The Bertz CT molecular complexity index is 1490. The third-order valence-corrected chi connectivity index (χ3v) is 6.53. The van der Waals surface area contributed by atoms with Gasteiger partial charge in [0.2, 0.25) is 5.91 Å². The summed E-state index contributed by atoms with van der Waals surface area (Å²) in [6, 6.07) is 3.79. The summed E-state index contributed by atoms with van der Waals surface area (Å²) in [7, 11) is 1.85. The summed E-state index contributed by atoms with van der Waals surface area (Å²) >= 11 is 0. The largest absolute Gasteiger partial charge is 0.367 e. The van der Waals surface area contributed by atoms with Gasteiger partial charge in [-0.15, -0.1) is 0 Å². The Kier molecular flexibility index (Phi) is 5.69. The van der Waals surface area contributed by atoms with Crippen molar-refractivity contribution >= 4 is 39.9 Å². The quantitative estimate of drug-likeness (QED) is 0.475. The number of amides is 2. The third kappa shape index (κ3) is 4.27. The van der Waals surface area contributed by atoms with Crippen LogP contribution >= 0.6 is 0 Å². The van der Waals surface area contributed by atoms with Crippen molar-refractivity contribution in [3.8, 4) is 0 Å². The van der Waals surface area contributed by atoms with Crippen LogP contribution in [-0.2, 0) is 11.8 Å². The minimum atomic E-state index is -0.386. The Labute approximate surface area is 209 Å². The van der Waals surface area contributed by atoms with E-state index < -0.39 is 0 Å². The molecule has 2 amide bonds. The van der Waals surface area contributed by atoms with Crippen LogP contribution in [0.25, 0.3) is 16.6 Å². The number of piperazine rings is 1. The van der Waals surface area contributed by atoms with Gasteiger partial charge < -0.3 is 19.5 Å². The number of rotatable bonds is 3. The van der Waals surface area contributed by atoms with Crippen molar-refractivity contribution in [1.82, 2.24) is 29.0 Å². The topological polar surface area (TPSA) is 101 Å². The highest BCUT2D eigenvalue weighted by atomic mass is 16.2. The van der Waals surface area contributed by atoms with Gasteiger partial charge in [-0.3, -0.25) is 14.3 Å². The second kappa shape index (κ2) is 8.61. The number of nitrogens with zero attached hydrogens (tertiary/aromatic N) is 7. The van der Waals surface area contributed by atoms with Gasteiger partial charge in [-0.1, -0.05) is 20.8 Å². The van der Waals surface area contributed by atoms with Gasteiger partial charge in [-0.2, -0.15) is 5.10 Å². The minimum Gasteiger partial charge on any atom is -0.367 e. The molecule has 0 bridgehead atoms. The number of benzene rings is 1. The standard InChI is InChI=1S/C26H32N8O2/c1-16-13-34-15-21(28-17(2)23(34)27-16)29-24(35)18-7-8-20(19-14-31(6)30-22(18)19)32-9-11-33(12-10-32)25(36)26(3,4)5/h7-8,13-15H,9-12H2,1-6H3,(H,29,35). The average molecular weight is 489 g/mol. The van der Waals surface area contributed by atoms with E-state index in [4.69, 9.17) is 0 Å². The molecule has 1 aliphatic heterocycles. The zero-order valence-electron chi connectivity index (χ0n) is 21.7. The molecule has 5 rings (SSSR count). The highest BCUT2D eigenvalue weighted by molar-refractivity contribution is 6.13. The second-order valence-electron chi connectivity index (χ2n) is 10.5. The number of hydrogen-bond donors (Lipinski definition) is 1. The van der Waals surface area contributed by atoms with Crippen molar-refractivity contribution in [2.45, 2.75) is 34.6 Å². The maximum absolute atomic E-state index is 13.3. The molecular weight excluding hydrogens is 456 g/mol. The number of carbonyl (C=O) groups is 2. The first-order valence-electron chi connectivity index (χ1n) is 12.2. The fourth-order valence-electron chi connectivity index (χ4n) is 4.81. The molecule has 0 radical (unpaired) electrons. The van der Waals surface area contributed by atoms with E-state index >= 15 is 0 Å². The first kappa shape index (κ1) is 23.8. The molecule has 0 aliphatic carbocycles. The molecule has 1 saturated heterocycles. The van der Waals surface area contributed by atoms with Gasteiger partial charge in [-0.25, -0.2) is 9.97 Å². The van der Waals surface area contributed by atoms with Crippen LogP contribution in [0.2, 0.25) is 0 Å². The van der Waals surface area contributed by atoms with Crippen LogP contribution in [0.3, 0.4) is 0 Å². The fourth-order valence-corrected chi connectivity index (χ4v) is 4.81. The monoisotopic (exact) mass is 488 g/mol. The first-order chi connectivity index (χ1) is 17.0. The molecule has 0 spiro atoms. The van der Waals surface area contributed by atoms with E-state index in [9.17, 15) is 9.59 Å². The molecule has 0 unspecified atom stereocenters. The summed E-state index contributed by atoms with van der Waals surface area (Å²) in [6.45, 7) is 12.4. The molecular formula is C26H32N8O2. The average Bonchev–Trinajstić information content (AvgIpc) is 3.39. The summed E-state index contributed by atoms with van der Waals surface area (Å²) in [6.07, 6.45) is 5.61. The molecule has 36 heavy (non-hydrogen) atoms. The molecule has 1 aliphatic rings. The van der Waals surface area contributed by atoms with Crippen molar-refractivity contribution in [3.63, 3.8) is 0 Å². The van der Waals surface area contributed by atoms with Gasteiger partial charge in [-0.05, 0) is 26.0 Å². The van der Waals surface area contributed by atoms with E-state index in [0.29, 0.717) is 30.0 Å². The van der Waals surface area contributed by atoms with E-state index in [1.165, 1.54) is 0 Å². The highest BCUT2D eigenvalue weighted by Crippen LogP contribution is 2.31. The van der Waals surface area contributed by atoms with Crippen LogP contribution in [0.15, 0.2) is 30.7 Å². The predicted molar refractivity (Wildman–Crippen MR) is 139 cm³/mol. The maximum atomic E-state index is 13.3. The molecule has 1 fully saturated rings. The zero-order valence-corrected chi connectivity index (χ0v) is 21.7. The lowest BCUT2D eigenvalue weighted by Gasteiger charge is -2.39. The van der Waals surface area contributed by atoms with Gasteiger partial charge in [0.15, 0.2) is 5.65 Å². The summed E-state index contributed by atoms with van der Waals surface area (Å²) in [4.78, 5) is 39.2. The molecule has 0 atom stereocenters. The van der Waals surface area contributed by atoms with E-state index in [2.05, 4.69) is 25.3 Å². The van der Waals surface area contributed by atoms with Crippen molar-refractivity contribution in [2.24, 2.45) is 12.5 Å². The van der Waals surface area contributed by atoms with Gasteiger partial charge >= 0.3 is 0 Å². The normalized spacial score (nSPS) is 14.6. The minimum absolute atomic E-state index is 0.175. The van der Waals surface area contributed by atoms with Crippen molar-refractivity contribution in [1.29, 1.82) is 0 Å². The predicted octanol–water partition coefficient (Wildman–Crippen LogP) is 3.18. The smallest absolute Gasteiger partial charge is 0.259 e. The lowest BCUT2D eigenvalue weighted by atomic mass is 9.94. The number of aryl methyl sites for hydroxylation is 3. The Morgan fingerprint density at radius 1 is 0.972 bits per heavy atom. The van der Waals surface area contributed by atoms with Crippen LogP contribution in [0, 0.1) is 19.3 Å². The van der Waals surface area contributed by atoms with Crippen molar-refractivity contribution < 1.29 is 9.59 Å². The van der Waals surface area contributed by atoms with Gasteiger partial charge in [0.05, 0.1) is 23.1 Å². The Hall–Kier alpha value is -3.95.